The number of anilines is 5. The molecular weight excluding hydrogens is 526 g/mol. The van der Waals surface area contributed by atoms with Gasteiger partial charge in [0, 0.05) is 49.3 Å². The third kappa shape index (κ3) is 4.37. The number of fused-ring (bicyclic) bond motifs is 1. The lowest BCUT2D eigenvalue weighted by molar-refractivity contribution is -0.000912. The minimum absolute atomic E-state index is 0.0906. The molecule has 2 N–H and O–H groups in total. The van der Waals surface area contributed by atoms with Gasteiger partial charge in [-0.1, -0.05) is 12.1 Å². The number of aromatic hydroxyl groups is 1. The molecule has 2 amide bonds. The number of carbonyl (C=O) groups excluding carboxylic acids is 1. The van der Waals surface area contributed by atoms with Crippen LogP contribution < -0.4 is 20.0 Å². The second-order valence-corrected chi connectivity index (χ2v) is 13.3. The van der Waals surface area contributed by atoms with Crippen molar-refractivity contribution in [3.05, 3.63) is 60.3 Å². The second-order valence-electron chi connectivity index (χ2n) is 13.3. The fourth-order valence-electron chi connectivity index (χ4n) is 8.81. The van der Waals surface area contributed by atoms with Crippen molar-refractivity contribution in [2.24, 2.45) is 17.8 Å². The standard InChI is InChI=1S/C33H39N7O2/c1-37-10-12-38(13-11-37)27-8-6-26(7-9-27)35-31-34-20-25-21-39(28-4-2-3-5-29(28)41)32(42)40(30(25)36-31)33-17-22-14-23(18-33)16-24(15-22)19-33/h2-9,20,22-24,41H,10-19,21H2,1H3,(H,34,35,36). The Kier molecular flexibility index (Phi) is 6.07. The maximum atomic E-state index is 14.5. The van der Waals surface area contributed by atoms with E-state index >= 15 is 0 Å². The van der Waals surface area contributed by atoms with Gasteiger partial charge in [-0.2, -0.15) is 4.98 Å². The van der Waals surface area contributed by atoms with Crippen molar-refractivity contribution in [3.63, 3.8) is 0 Å². The number of urea groups is 1. The number of rotatable bonds is 5. The summed E-state index contributed by atoms with van der Waals surface area (Å²) in [5.41, 5.74) is 3.35. The number of phenolic OH excluding ortho intramolecular Hbond substituents is 1. The van der Waals surface area contributed by atoms with E-state index in [0.29, 0.717) is 35.9 Å². The van der Waals surface area contributed by atoms with Crippen molar-refractivity contribution in [1.29, 1.82) is 0 Å². The van der Waals surface area contributed by atoms with E-state index in [4.69, 9.17) is 9.97 Å². The van der Waals surface area contributed by atoms with Crippen molar-refractivity contribution < 1.29 is 9.90 Å². The van der Waals surface area contributed by atoms with Crippen molar-refractivity contribution >= 4 is 34.9 Å². The van der Waals surface area contributed by atoms with E-state index in [9.17, 15) is 9.90 Å². The van der Waals surface area contributed by atoms with Crippen molar-refractivity contribution in [3.8, 4) is 5.75 Å². The van der Waals surface area contributed by atoms with Crippen LogP contribution in [0.5, 0.6) is 5.75 Å². The van der Waals surface area contributed by atoms with Crippen molar-refractivity contribution in [1.82, 2.24) is 14.9 Å². The fraction of sp³-hybridized carbons (Fsp3) is 0.485. The van der Waals surface area contributed by atoms with E-state index < -0.39 is 0 Å². The average Bonchev–Trinajstić information content (AvgIpc) is 2.97. The highest BCUT2D eigenvalue weighted by Gasteiger charge is 2.57. The van der Waals surface area contributed by atoms with E-state index in [2.05, 4.69) is 46.4 Å². The van der Waals surface area contributed by atoms with Gasteiger partial charge in [0.1, 0.15) is 11.6 Å². The number of piperazine rings is 1. The molecule has 4 saturated carbocycles. The molecule has 0 radical (unpaired) electrons. The van der Waals surface area contributed by atoms with Gasteiger partial charge in [0.15, 0.2) is 0 Å². The van der Waals surface area contributed by atoms with Gasteiger partial charge in [0.05, 0.1) is 17.8 Å². The number of hydrogen-bond donors (Lipinski definition) is 2. The fourth-order valence-corrected chi connectivity index (χ4v) is 8.81. The van der Waals surface area contributed by atoms with Crippen LogP contribution in [0.2, 0.25) is 0 Å². The van der Waals surface area contributed by atoms with E-state index in [0.717, 1.165) is 62.5 Å². The maximum absolute atomic E-state index is 14.5. The lowest BCUT2D eigenvalue weighted by Crippen LogP contribution is -2.65. The minimum atomic E-state index is -0.237. The number of benzene rings is 2. The highest BCUT2D eigenvalue weighted by atomic mass is 16.3. The third-order valence-electron chi connectivity index (χ3n) is 10.4. The van der Waals surface area contributed by atoms with Gasteiger partial charge in [0.2, 0.25) is 5.95 Å². The zero-order valence-corrected chi connectivity index (χ0v) is 24.2. The first-order chi connectivity index (χ1) is 20.4. The number of hydrogen-bond acceptors (Lipinski definition) is 7. The van der Waals surface area contributed by atoms with Gasteiger partial charge in [0.25, 0.3) is 0 Å². The predicted molar refractivity (Wildman–Crippen MR) is 165 cm³/mol. The molecule has 2 aliphatic heterocycles. The smallest absolute Gasteiger partial charge is 0.331 e. The summed E-state index contributed by atoms with van der Waals surface area (Å²) in [6.45, 7) is 4.54. The molecule has 0 atom stereocenters. The second kappa shape index (κ2) is 9.87. The molecule has 4 bridgehead atoms. The summed E-state index contributed by atoms with van der Waals surface area (Å²) >= 11 is 0. The number of phenols is 1. The molecule has 42 heavy (non-hydrogen) atoms. The molecule has 0 spiro atoms. The number of likely N-dealkylation sites (N-methyl/N-ethyl adjacent to an activating group) is 1. The Hall–Kier alpha value is -3.85. The Morgan fingerprint density at radius 2 is 1.57 bits per heavy atom. The topological polar surface area (TPSA) is 88.1 Å². The summed E-state index contributed by atoms with van der Waals surface area (Å²) in [4.78, 5) is 32.7. The third-order valence-corrected chi connectivity index (χ3v) is 10.4. The molecule has 2 aromatic carbocycles. The number of nitrogens with zero attached hydrogens (tertiary/aromatic N) is 6. The Morgan fingerprint density at radius 3 is 2.24 bits per heavy atom. The molecule has 4 aliphatic carbocycles. The molecule has 5 fully saturated rings. The highest BCUT2D eigenvalue weighted by molar-refractivity contribution is 6.07. The summed E-state index contributed by atoms with van der Waals surface area (Å²) < 4.78 is 0. The quantitative estimate of drug-likeness (QED) is 0.417. The van der Waals surface area contributed by atoms with Crippen LogP contribution in [-0.4, -0.2) is 64.8 Å². The largest absolute Gasteiger partial charge is 0.506 e. The Morgan fingerprint density at radius 1 is 0.905 bits per heavy atom. The molecule has 0 unspecified atom stereocenters. The van der Waals surface area contributed by atoms with Crippen LogP contribution in [0.1, 0.15) is 44.1 Å². The van der Waals surface area contributed by atoms with Gasteiger partial charge in [-0.05, 0) is 99.7 Å². The van der Waals surface area contributed by atoms with E-state index in [1.165, 1.54) is 24.9 Å². The first-order valence-electron chi connectivity index (χ1n) is 15.5. The Balaban J connectivity index is 1.13. The lowest BCUT2D eigenvalue weighted by Gasteiger charge is -2.61. The molecule has 1 saturated heterocycles. The van der Waals surface area contributed by atoms with Gasteiger partial charge in [-0.15, -0.1) is 0 Å². The summed E-state index contributed by atoms with van der Waals surface area (Å²) in [5.74, 6) is 3.35. The van der Waals surface area contributed by atoms with E-state index in [-0.39, 0.29) is 17.3 Å². The maximum Gasteiger partial charge on any atom is 0.331 e. The van der Waals surface area contributed by atoms with Crippen LogP contribution in [0.15, 0.2) is 54.7 Å². The van der Waals surface area contributed by atoms with Gasteiger partial charge >= 0.3 is 6.03 Å². The summed E-state index contributed by atoms with van der Waals surface area (Å²) in [7, 11) is 2.17. The molecular formula is C33H39N7O2. The lowest BCUT2D eigenvalue weighted by atomic mass is 9.52. The Labute approximate surface area is 247 Å². The van der Waals surface area contributed by atoms with Crippen LogP contribution in [-0.2, 0) is 6.54 Å². The van der Waals surface area contributed by atoms with Gasteiger partial charge in [-0.3, -0.25) is 9.80 Å². The number of aromatic nitrogens is 2. The molecule has 9 heteroatoms. The van der Waals surface area contributed by atoms with E-state index in [1.807, 2.05) is 23.2 Å². The molecule has 3 heterocycles. The average molecular weight is 566 g/mol. The first-order valence-corrected chi connectivity index (χ1v) is 15.5. The number of carbonyl (C=O) groups is 1. The van der Waals surface area contributed by atoms with Gasteiger partial charge in [-0.25, -0.2) is 9.78 Å². The summed E-state index contributed by atoms with van der Waals surface area (Å²) in [6, 6.07) is 15.5. The zero-order chi connectivity index (χ0) is 28.4. The van der Waals surface area contributed by atoms with E-state index in [1.54, 1.807) is 17.0 Å². The highest BCUT2D eigenvalue weighted by Crippen LogP contribution is 2.59. The molecule has 9 nitrogen and oxygen atoms in total. The monoisotopic (exact) mass is 565 g/mol. The normalized spacial score (nSPS) is 28.7. The summed E-state index contributed by atoms with van der Waals surface area (Å²) in [5, 5.41) is 14.1. The van der Waals surface area contributed by atoms with Crippen molar-refractivity contribution in [2.75, 3.05) is 53.2 Å². The molecule has 9 rings (SSSR count). The van der Waals surface area contributed by atoms with Crippen LogP contribution >= 0.6 is 0 Å². The predicted octanol–water partition coefficient (Wildman–Crippen LogP) is 5.59. The summed E-state index contributed by atoms with van der Waals surface area (Å²) in [6.07, 6.45) is 8.81. The van der Waals surface area contributed by atoms with Crippen LogP contribution in [0.25, 0.3) is 0 Å². The van der Waals surface area contributed by atoms with Crippen LogP contribution in [0.4, 0.5) is 33.6 Å². The van der Waals surface area contributed by atoms with Gasteiger partial charge < -0.3 is 20.2 Å². The minimum Gasteiger partial charge on any atom is -0.506 e. The molecule has 3 aromatic rings. The first kappa shape index (κ1) is 25.8. The Bertz CT molecular complexity index is 1470. The molecule has 218 valence electrons. The van der Waals surface area contributed by atoms with Crippen LogP contribution in [0, 0.1) is 17.8 Å². The van der Waals surface area contributed by atoms with Crippen LogP contribution in [0.3, 0.4) is 0 Å². The molecule has 6 aliphatic rings. The zero-order valence-electron chi connectivity index (χ0n) is 24.2. The number of nitrogens with one attached hydrogen (secondary N) is 1. The SMILES string of the molecule is CN1CCN(c2ccc(Nc3ncc4c(n3)N(C35CC6CC(CC(C6)C3)C5)C(=O)N(c3ccccc3O)C4)cc2)CC1. The number of amides is 2. The molecule has 1 aromatic heterocycles. The number of para-hydroxylation sites is 2. The van der Waals surface area contributed by atoms with Crippen molar-refractivity contribution in [2.45, 2.75) is 50.6 Å².